The van der Waals surface area contributed by atoms with Gasteiger partial charge < -0.3 is 9.84 Å². The number of hydrogen-bond acceptors (Lipinski definition) is 4. The van der Waals surface area contributed by atoms with E-state index in [4.69, 9.17) is 4.52 Å². The highest BCUT2D eigenvalue weighted by molar-refractivity contribution is 5.94. The molecule has 140 valence electrons. The third-order valence-corrected chi connectivity index (χ3v) is 4.62. The number of benzene rings is 2. The molecule has 1 N–H and O–H groups in total. The highest BCUT2D eigenvalue weighted by Gasteiger charge is 2.19. The van der Waals surface area contributed by atoms with E-state index < -0.39 is 0 Å². The first-order valence-corrected chi connectivity index (χ1v) is 9.28. The average Bonchev–Trinajstić information content (AvgIpc) is 3.12. The molecule has 3 rings (SSSR count). The zero-order chi connectivity index (χ0) is 19.4. The van der Waals surface area contributed by atoms with Crippen molar-refractivity contribution < 1.29 is 9.32 Å². The Bertz CT molecular complexity index is 896. The van der Waals surface area contributed by atoms with Crippen LogP contribution in [-0.2, 0) is 6.42 Å². The number of aryl methyl sites for hydroxylation is 2. The molecule has 27 heavy (non-hydrogen) atoms. The molecule has 1 unspecified atom stereocenters. The van der Waals surface area contributed by atoms with Crippen LogP contribution in [0, 0.1) is 12.8 Å². The molecule has 0 spiro atoms. The van der Waals surface area contributed by atoms with Crippen LogP contribution in [0.15, 0.2) is 53.1 Å². The number of aromatic nitrogens is 2. The van der Waals surface area contributed by atoms with Gasteiger partial charge in [-0.1, -0.05) is 50.2 Å². The maximum Gasteiger partial charge on any atom is 0.257 e. The molecule has 3 aromatic rings. The molecule has 1 amide bonds. The van der Waals surface area contributed by atoms with Gasteiger partial charge in [-0.25, -0.2) is 0 Å². The lowest BCUT2D eigenvalue weighted by Crippen LogP contribution is -2.31. The Morgan fingerprint density at radius 1 is 1.07 bits per heavy atom. The number of hydrogen-bond donors (Lipinski definition) is 1. The average molecular weight is 363 g/mol. The number of amides is 1. The first-order chi connectivity index (χ1) is 13.0. The van der Waals surface area contributed by atoms with Gasteiger partial charge in [0, 0.05) is 11.1 Å². The summed E-state index contributed by atoms with van der Waals surface area (Å²) in [4.78, 5) is 16.9. The van der Waals surface area contributed by atoms with Crippen LogP contribution in [0.3, 0.4) is 0 Å². The third kappa shape index (κ3) is 4.42. The summed E-state index contributed by atoms with van der Waals surface area (Å²) in [6.45, 7) is 8.13. The van der Waals surface area contributed by atoms with Gasteiger partial charge in [0.15, 0.2) is 5.82 Å². The lowest BCUT2D eigenvalue weighted by atomic mass is 9.94. The Balaban J connectivity index is 1.75. The third-order valence-electron chi connectivity index (χ3n) is 4.62. The van der Waals surface area contributed by atoms with Gasteiger partial charge in [-0.2, -0.15) is 4.98 Å². The van der Waals surface area contributed by atoms with Crippen molar-refractivity contribution in [1.29, 1.82) is 0 Å². The fourth-order valence-electron chi connectivity index (χ4n) is 3.00. The van der Waals surface area contributed by atoms with Crippen LogP contribution in [0.4, 0.5) is 0 Å². The second kappa shape index (κ2) is 8.16. The van der Waals surface area contributed by atoms with Crippen LogP contribution in [0.5, 0.6) is 0 Å². The summed E-state index contributed by atoms with van der Waals surface area (Å²) in [5.74, 6) is 1.22. The monoisotopic (exact) mass is 363 g/mol. The van der Waals surface area contributed by atoms with Gasteiger partial charge >= 0.3 is 0 Å². The molecule has 1 aromatic heterocycles. The smallest absolute Gasteiger partial charge is 0.257 e. The molecule has 5 heteroatoms. The largest absolute Gasteiger partial charge is 0.345 e. The zero-order valence-corrected chi connectivity index (χ0v) is 16.2. The van der Waals surface area contributed by atoms with Crippen LogP contribution < -0.4 is 5.32 Å². The van der Waals surface area contributed by atoms with E-state index in [9.17, 15) is 4.79 Å². The van der Waals surface area contributed by atoms with Crippen LogP contribution in [0.25, 0.3) is 11.5 Å². The molecule has 0 aliphatic carbocycles. The Morgan fingerprint density at radius 2 is 1.74 bits per heavy atom. The van der Waals surface area contributed by atoms with Crippen LogP contribution in [0.1, 0.15) is 54.1 Å². The minimum absolute atomic E-state index is 0.0401. The summed E-state index contributed by atoms with van der Waals surface area (Å²) in [6.07, 6.45) is 1.00. The second-order valence-corrected chi connectivity index (χ2v) is 7.01. The van der Waals surface area contributed by atoms with Crippen LogP contribution >= 0.6 is 0 Å². The maximum absolute atomic E-state index is 12.7. The molecule has 5 nitrogen and oxygen atoms in total. The first-order valence-electron chi connectivity index (χ1n) is 9.28. The van der Waals surface area contributed by atoms with Crippen molar-refractivity contribution in [2.24, 2.45) is 5.92 Å². The van der Waals surface area contributed by atoms with E-state index >= 15 is 0 Å². The van der Waals surface area contributed by atoms with Gasteiger partial charge in [-0.3, -0.25) is 4.79 Å². The fraction of sp³-hybridized carbons (Fsp3) is 0.318. The Labute approximate surface area is 159 Å². The highest BCUT2D eigenvalue weighted by Crippen LogP contribution is 2.23. The molecule has 0 bridgehead atoms. The summed E-state index contributed by atoms with van der Waals surface area (Å²) in [5, 5.41) is 6.95. The standard InChI is InChI=1S/C22H25N3O2/c1-5-16-6-8-17(9-7-16)20(14(2)3)24-21(26)18-10-12-19(13-11-18)22-23-15(4)25-27-22/h6-14,20H,5H2,1-4H3,(H,24,26). The Hall–Kier alpha value is -2.95. The summed E-state index contributed by atoms with van der Waals surface area (Å²) in [5.41, 5.74) is 3.81. The Kier molecular flexibility index (Phi) is 5.69. The molecule has 1 heterocycles. The number of carbonyl (C=O) groups excluding carboxylic acids is 1. The molecule has 2 aromatic carbocycles. The van der Waals surface area contributed by atoms with E-state index in [0.29, 0.717) is 17.3 Å². The van der Waals surface area contributed by atoms with Crippen molar-refractivity contribution in [1.82, 2.24) is 15.5 Å². The van der Waals surface area contributed by atoms with Crippen LogP contribution in [0.2, 0.25) is 0 Å². The molecule has 0 radical (unpaired) electrons. The number of carbonyl (C=O) groups is 1. The van der Waals surface area contributed by atoms with Gasteiger partial charge in [-0.15, -0.1) is 0 Å². The maximum atomic E-state index is 12.7. The molecule has 0 fully saturated rings. The van der Waals surface area contributed by atoms with E-state index in [2.05, 4.69) is 60.5 Å². The van der Waals surface area contributed by atoms with E-state index in [0.717, 1.165) is 17.5 Å². The highest BCUT2D eigenvalue weighted by atomic mass is 16.5. The van der Waals surface area contributed by atoms with Crippen molar-refractivity contribution in [2.75, 3.05) is 0 Å². The van der Waals surface area contributed by atoms with Crippen molar-refractivity contribution in [2.45, 2.75) is 40.2 Å². The lowest BCUT2D eigenvalue weighted by Gasteiger charge is -2.23. The van der Waals surface area contributed by atoms with Crippen molar-refractivity contribution in [3.8, 4) is 11.5 Å². The molecule has 0 aliphatic rings. The zero-order valence-electron chi connectivity index (χ0n) is 16.2. The van der Waals surface area contributed by atoms with E-state index in [1.54, 1.807) is 19.1 Å². The van der Waals surface area contributed by atoms with Gasteiger partial charge in [0.2, 0.25) is 0 Å². The van der Waals surface area contributed by atoms with Gasteiger partial charge in [0.1, 0.15) is 0 Å². The number of nitrogens with zero attached hydrogens (tertiary/aromatic N) is 2. The molecule has 0 saturated heterocycles. The van der Waals surface area contributed by atoms with Gasteiger partial charge in [-0.05, 0) is 54.7 Å². The summed E-state index contributed by atoms with van der Waals surface area (Å²) in [7, 11) is 0. The van der Waals surface area contributed by atoms with Crippen LogP contribution in [-0.4, -0.2) is 16.0 Å². The number of nitrogens with one attached hydrogen (secondary N) is 1. The topological polar surface area (TPSA) is 68.0 Å². The first kappa shape index (κ1) is 18.8. The Morgan fingerprint density at radius 3 is 2.26 bits per heavy atom. The van der Waals surface area contributed by atoms with Gasteiger partial charge in [0.25, 0.3) is 11.8 Å². The minimum Gasteiger partial charge on any atom is -0.345 e. The lowest BCUT2D eigenvalue weighted by molar-refractivity contribution is 0.0925. The summed E-state index contributed by atoms with van der Waals surface area (Å²) in [6, 6.07) is 15.6. The number of rotatable bonds is 6. The molecular weight excluding hydrogens is 338 g/mol. The fourth-order valence-corrected chi connectivity index (χ4v) is 3.00. The van der Waals surface area contributed by atoms with Crippen molar-refractivity contribution in [3.05, 3.63) is 71.0 Å². The molecule has 1 atom stereocenters. The predicted octanol–water partition coefficient (Wildman–Crippen LogP) is 4.73. The molecular formula is C22H25N3O2. The quantitative estimate of drug-likeness (QED) is 0.687. The SMILES string of the molecule is CCc1ccc(C(NC(=O)c2ccc(-c3nc(C)no3)cc2)C(C)C)cc1. The van der Waals surface area contributed by atoms with E-state index in [1.807, 2.05) is 12.1 Å². The minimum atomic E-state index is -0.0958. The van der Waals surface area contributed by atoms with E-state index in [1.165, 1.54) is 5.56 Å². The summed E-state index contributed by atoms with van der Waals surface area (Å²) >= 11 is 0. The van der Waals surface area contributed by atoms with Crippen molar-refractivity contribution >= 4 is 5.91 Å². The normalized spacial score (nSPS) is 12.2. The molecule has 0 aliphatic heterocycles. The predicted molar refractivity (Wildman–Crippen MR) is 105 cm³/mol. The molecule has 0 saturated carbocycles. The van der Waals surface area contributed by atoms with Gasteiger partial charge in [0.05, 0.1) is 6.04 Å². The van der Waals surface area contributed by atoms with Crippen molar-refractivity contribution in [3.63, 3.8) is 0 Å². The second-order valence-electron chi connectivity index (χ2n) is 7.01. The van der Waals surface area contributed by atoms with E-state index in [-0.39, 0.29) is 17.9 Å². The summed E-state index contributed by atoms with van der Waals surface area (Å²) < 4.78 is 5.16.